The van der Waals surface area contributed by atoms with Gasteiger partial charge in [0.1, 0.15) is 11.5 Å². The number of nitrogens with one attached hydrogen (secondary N) is 1. The van der Waals surface area contributed by atoms with E-state index in [-0.39, 0.29) is 11.3 Å². The summed E-state index contributed by atoms with van der Waals surface area (Å²) in [6.07, 6.45) is 6.90. The molecule has 3 N–H and O–H groups in total. The summed E-state index contributed by atoms with van der Waals surface area (Å²) in [5.74, 6) is -1.38. The third-order valence-electron chi connectivity index (χ3n) is 6.67. The highest BCUT2D eigenvalue weighted by Gasteiger charge is 2.34. The predicted molar refractivity (Wildman–Crippen MR) is 141 cm³/mol. The zero-order valence-electron chi connectivity index (χ0n) is 20.4. The Morgan fingerprint density at radius 1 is 1.03 bits per heavy atom. The Bertz CT molecular complexity index is 1250. The second-order valence-corrected chi connectivity index (χ2v) is 11.5. The predicted octanol–water partition coefficient (Wildman–Crippen LogP) is 3.19. The molecule has 0 saturated heterocycles. The van der Waals surface area contributed by atoms with Crippen LogP contribution in [-0.2, 0) is 21.1 Å². The highest BCUT2D eigenvalue weighted by atomic mass is 32.2. The molecular weight excluding hydrogens is 491 g/mol. The van der Waals surface area contributed by atoms with Crippen LogP contribution in [0.25, 0.3) is 0 Å². The molecule has 0 spiro atoms. The minimum absolute atomic E-state index is 0.0742. The smallest absolute Gasteiger partial charge is 0.456 e. The lowest BCUT2D eigenvalue weighted by atomic mass is 9.69. The molecule has 2 aromatic carbocycles. The summed E-state index contributed by atoms with van der Waals surface area (Å²) in [5, 5.41) is 22.4. The van der Waals surface area contributed by atoms with Gasteiger partial charge in [-0.15, -0.1) is 0 Å². The number of hydrogen-bond donors (Lipinski definition) is 3. The van der Waals surface area contributed by atoms with Gasteiger partial charge < -0.3 is 20.1 Å². The van der Waals surface area contributed by atoms with Gasteiger partial charge in [-0.2, -0.15) is 0 Å². The van der Waals surface area contributed by atoms with Crippen molar-refractivity contribution < 1.29 is 28.0 Å². The summed E-state index contributed by atoms with van der Waals surface area (Å²) in [6, 6.07) is 18.7. The number of aromatic nitrogens is 1. The summed E-state index contributed by atoms with van der Waals surface area (Å²) in [6.45, 7) is 0. The minimum Gasteiger partial charge on any atom is -0.456 e. The van der Waals surface area contributed by atoms with E-state index in [1.165, 1.54) is 12.1 Å². The van der Waals surface area contributed by atoms with Crippen molar-refractivity contribution in [1.82, 2.24) is 10.3 Å². The Balaban J connectivity index is 1.49. The quantitative estimate of drug-likeness (QED) is 0.312. The molecule has 194 valence electrons. The van der Waals surface area contributed by atoms with Crippen LogP contribution in [0.3, 0.4) is 0 Å². The molecule has 2 atom stereocenters. The summed E-state index contributed by atoms with van der Waals surface area (Å²) in [7, 11) is -5.56. The van der Waals surface area contributed by atoms with Crippen LogP contribution in [0.5, 0.6) is 11.5 Å². The molecule has 10 heteroatoms. The number of rotatable bonds is 12. The van der Waals surface area contributed by atoms with E-state index in [0.717, 1.165) is 24.8 Å². The van der Waals surface area contributed by atoms with Gasteiger partial charge in [-0.3, -0.25) is 9.78 Å². The van der Waals surface area contributed by atoms with E-state index in [0.29, 0.717) is 23.8 Å². The van der Waals surface area contributed by atoms with E-state index in [2.05, 4.69) is 10.3 Å². The largest absolute Gasteiger partial charge is 0.475 e. The van der Waals surface area contributed by atoms with E-state index in [1.54, 1.807) is 36.7 Å². The standard InChI is InChI=1S/C27H31BN2O6S/c31-27(30-26(28(32)33)17-21-8-4-9-21)22(16-20-6-2-1-3-7-20)19-37(34,35)25-13-11-23(12-14-25)36-24-10-5-15-29-18-24/h1-3,5-7,10-15,18,21-22,26,32-33H,4,8-9,16-17,19H2,(H,30,31)/t22-,26+/m1/s1. The van der Waals surface area contributed by atoms with Crippen molar-refractivity contribution in [2.75, 3.05) is 5.75 Å². The molecule has 4 rings (SSSR count). The van der Waals surface area contributed by atoms with Gasteiger partial charge >= 0.3 is 7.12 Å². The fraction of sp³-hybridized carbons (Fsp3) is 0.333. The first-order chi connectivity index (χ1) is 17.8. The topological polar surface area (TPSA) is 126 Å². The molecule has 3 aromatic rings. The lowest BCUT2D eigenvalue weighted by Gasteiger charge is -2.30. The maximum Gasteiger partial charge on any atom is 0.475 e. The molecule has 1 amide bonds. The van der Waals surface area contributed by atoms with Crippen molar-refractivity contribution in [3.8, 4) is 11.5 Å². The SMILES string of the molecule is O=C(N[C@@H](CC1CCC1)B(O)O)[C@H](Cc1ccccc1)CS(=O)(=O)c1ccc(Oc2cccnc2)cc1. The van der Waals surface area contributed by atoms with Gasteiger partial charge in [0.25, 0.3) is 0 Å². The van der Waals surface area contributed by atoms with Crippen molar-refractivity contribution in [3.05, 3.63) is 84.7 Å². The molecule has 0 unspecified atom stereocenters. The van der Waals surface area contributed by atoms with Crippen LogP contribution >= 0.6 is 0 Å². The molecule has 8 nitrogen and oxygen atoms in total. The number of nitrogens with zero attached hydrogens (tertiary/aromatic N) is 1. The van der Waals surface area contributed by atoms with Gasteiger partial charge in [0.05, 0.1) is 28.7 Å². The van der Waals surface area contributed by atoms with Crippen LogP contribution in [-0.4, -0.2) is 48.2 Å². The number of benzene rings is 2. The first kappa shape index (κ1) is 26.8. The number of hydrogen-bond acceptors (Lipinski definition) is 7. The molecule has 1 aliphatic carbocycles. The van der Waals surface area contributed by atoms with Gasteiger partial charge in [-0.25, -0.2) is 8.42 Å². The van der Waals surface area contributed by atoms with Crippen molar-refractivity contribution in [2.45, 2.75) is 42.9 Å². The maximum atomic E-state index is 13.3. The van der Waals surface area contributed by atoms with Crippen LogP contribution in [0.1, 0.15) is 31.2 Å². The Labute approximate surface area is 217 Å². The average Bonchev–Trinajstić information content (AvgIpc) is 2.86. The zero-order valence-corrected chi connectivity index (χ0v) is 21.3. The molecule has 0 bridgehead atoms. The molecule has 0 aliphatic heterocycles. The van der Waals surface area contributed by atoms with Gasteiger partial charge in [0.2, 0.25) is 5.91 Å². The van der Waals surface area contributed by atoms with Crippen LogP contribution in [0.2, 0.25) is 0 Å². The average molecular weight is 522 g/mol. The van der Waals surface area contributed by atoms with Crippen LogP contribution < -0.4 is 10.1 Å². The molecule has 1 saturated carbocycles. The first-order valence-corrected chi connectivity index (χ1v) is 14.1. The van der Waals surface area contributed by atoms with Crippen LogP contribution in [0, 0.1) is 11.8 Å². The molecule has 1 heterocycles. The maximum absolute atomic E-state index is 13.3. The normalized spacial score (nSPS) is 15.3. The van der Waals surface area contributed by atoms with Crippen molar-refractivity contribution >= 4 is 22.9 Å². The summed E-state index contributed by atoms with van der Waals surface area (Å²) in [5.41, 5.74) is 0.818. The number of ether oxygens (including phenoxy) is 1. The molecule has 0 radical (unpaired) electrons. The Hall–Kier alpha value is -3.21. The number of sulfone groups is 1. The molecule has 1 aromatic heterocycles. The van der Waals surface area contributed by atoms with Crippen LogP contribution in [0.4, 0.5) is 0 Å². The minimum atomic E-state index is -3.84. The highest BCUT2D eigenvalue weighted by Crippen LogP contribution is 2.31. The molecular formula is C27H31BN2O6S. The molecule has 1 fully saturated rings. The second-order valence-electron chi connectivity index (χ2n) is 9.49. The Morgan fingerprint density at radius 2 is 1.76 bits per heavy atom. The third kappa shape index (κ3) is 7.64. The van der Waals surface area contributed by atoms with E-state index in [1.807, 2.05) is 30.3 Å². The fourth-order valence-corrected chi connectivity index (χ4v) is 5.93. The van der Waals surface area contributed by atoms with Crippen LogP contribution in [0.15, 0.2) is 84.0 Å². The van der Waals surface area contributed by atoms with Crippen molar-refractivity contribution in [2.24, 2.45) is 11.8 Å². The summed E-state index contributed by atoms with van der Waals surface area (Å²) >= 11 is 0. The van der Waals surface area contributed by atoms with Gasteiger partial charge in [-0.05, 0) is 60.7 Å². The summed E-state index contributed by atoms with van der Waals surface area (Å²) < 4.78 is 32.3. The molecule has 37 heavy (non-hydrogen) atoms. The number of amides is 1. The van der Waals surface area contributed by atoms with Crippen molar-refractivity contribution in [1.29, 1.82) is 0 Å². The van der Waals surface area contributed by atoms with Gasteiger partial charge in [-0.1, -0.05) is 49.6 Å². The lowest BCUT2D eigenvalue weighted by Crippen LogP contribution is -2.50. The van der Waals surface area contributed by atoms with Crippen molar-refractivity contribution in [3.63, 3.8) is 0 Å². The van der Waals surface area contributed by atoms with E-state index in [9.17, 15) is 23.3 Å². The Morgan fingerprint density at radius 3 is 2.35 bits per heavy atom. The highest BCUT2D eigenvalue weighted by molar-refractivity contribution is 7.91. The van der Waals surface area contributed by atoms with E-state index in [4.69, 9.17) is 4.74 Å². The second kappa shape index (κ2) is 12.4. The van der Waals surface area contributed by atoms with Gasteiger partial charge in [0, 0.05) is 6.20 Å². The van der Waals surface area contributed by atoms with E-state index < -0.39 is 40.5 Å². The monoisotopic (exact) mass is 522 g/mol. The third-order valence-corrected chi connectivity index (χ3v) is 8.50. The number of carbonyl (C=O) groups excluding carboxylic acids is 1. The van der Waals surface area contributed by atoms with Gasteiger partial charge in [0.15, 0.2) is 9.84 Å². The zero-order chi connectivity index (χ0) is 26.3. The number of carbonyl (C=O) groups is 1. The fourth-order valence-electron chi connectivity index (χ4n) is 4.39. The Kier molecular flexibility index (Phi) is 8.97. The lowest BCUT2D eigenvalue weighted by molar-refractivity contribution is -0.124. The molecule has 1 aliphatic rings. The van der Waals surface area contributed by atoms with E-state index >= 15 is 0 Å². The first-order valence-electron chi connectivity index (χ1n) is 12.4. The number of pyridine rings is 1. The summed E-state index contributed by atoms with van der Waals surface area (Å²) in [4.78, 5) is 17.4.